The smallest absolute Gasteiger partial charge is 0.127 e. The Morgan fingerprint density at radius 1 is 1.24 bits per heavy atom. The lowest BCUT2D eigenvalue weighted by Crippen LogP contribution is -2.51. The van der Waals surface area contributed by atoms with Crippen molar-refractivity contribution in [3.63, 3.8) is 0 Å². The summed E-state index contributed by atoms with van der Waals surface area (Å²) in [7, 11) is 0. The van der Waals surface area contributed by atoms with Crippen molar-refractivity contribution in [2.24, 2.45) is 0 Å². The summed E-state index contributed by atoms with van der Waals surface area (Å²) in [5, 5.41) is 8.27. The van der Waals surface area contributed by atoms with Gasteiger partial charge in [-0.25, -0.2) is 0 Å². The number of morpholine rings is 1. The first kappa shape index (κ1) is 12.8. The van der Waals surface area contributed by atoms with Gasteiger partial charge in [0.2, 0.25) is 0 Å². The van der Waals surface area contributed by atoms with Gasteiger partial charge in [-0.05, 0) is 32.2 Å². The molecule has 0 spiro atoms. The predicted octanol–water partition coefficient (Wildman–Crippen LogP) is 1.56. The van der Waals surface area contributed by atoms with Crippen molar-refractivity contribution in [3.05, 3.63) is 0 Å². The molecule has 0 aromatic rings. The van der Waals surface area contributed by atoms with E-state index < -0.39 is 0 Å². The van der Waals surface area contributed by atoms with Gasteiger partial charge >= 0.3 is 0 Å². The van der Waals surface area contributed by atoms with E-state index in [2.05, 4.69) is 16.7 Å². The van der Waals surface area contributed by atoms with E-state index in [1.165, 1.54) is 25.7 Å². The van der Waals surface area contributed by atoms with Crippen LogP contribution in [0.25, 0.3) is 0 Å². The van der Waals surface area contributed by atoms with Gasteiger partial charge in [0.15, 0.2) is 0 Å². The van der Waals surface area contributed by atoms with Crippen molar-refractivity contribution >= 4 is 5.84 Å². The molecule has 2 rings (SSSR count). The van der Waals surface area contributed by atoms with Gasteiger partial charge in [-0.15, -0.1) is 0 Å². The molecule has 2 saturated heterocycles. The number of amidine groups is 1. The van der Waals surface area contributed by atoms with Gasteiger partial charge in [-0.1, -0.05) is 6.92 Å². The quantitative estimate of drug-likeness (QED) is 0.600. The zero-order chi connectivity index (χ0) is 12.1. The van der Waals surface area contributed by atoms with Crippen LogP contribution in [-0.2, 0) is 4.74 Å². The van der Waals surface area contributed by atoms with Crippen molar-refractivity contribution in [1.29, 1.82) is 5.41 Å². The average Bonchev–Trinajstić information content (AvgIpc) is 2.40. The molecule has 1 unspecified atom stereocenters. The summed E-state index contributed by atoms with van der Waals surface area (Å²) in [5.74, 6) is 0.713. The standard InChI is InChI=1S/C13H25N3O/c1-2-6-15-9-10-17-12(11-15)13(14)16-7-4-3-5-8-16/h12,14H,2-11H2,1H3. The average molecular weight is 239 g/mol. The molecule has 1 atom stereocenters. The van der Waals surface area contributed by atoms with Crippen LogP contribution in [0.5, 0.6) is 0 Å². The molecule has 2 aliphatic rings. The van der Waals surface area contributed by atoms with Crippen molar-refractivity contribution in [3.8, 4) is 0 Å². The number of likely N-dealkylation sites (tertiary alicyclic amines) is 1. The van der Waals surface area contributed by atoms with Crippen LogP contribution in [0.4, 0.5) is 0 Å². The first-order valence-corrected chi connectivity index (χ1v) is 6.98. The number of ether oxygens (including phenoxy) is 1. The molecule has 1 N–H and O–H groups in total. The maximum atomic E-state index is 8.27. The minimum absolute atomic E-state index is 0.00778. The molecule has 0 bridgehead atoms. The van der Waals surface area contributed by atoms with Crippen molar-refractivity contribution < 1.29 is 4.74 Å². The van der Waals surface area contributed by atoms with E-state index in [1.807, 2.05) is 0 Å². The van der Waals surface area contributed by atoms with E-state index in [-0.39, 0.29) is 6.10 Å². The highest BCUT2D eigenvalue weighted by Gasteiger charge is 2.27. The number of hydrogen-bond donors (Lipinski definition) is 1. The van der Waals surface area contributed by atoms with E-state index >= 15 is 0 Å². The number of nitrogens with zero attached hydrogens (tertiary/aromatic N) is 2. The Hall–Kier alpha value is -0.610. The lowest BCUT2D eigenvalue weighted by Gasteiger charge is -2.38. The molecule has 0 aromatic heterocycles. The van der Waals surface area contributed by atoms with Gasteiger partial charge in [-0.3, -0.25) is 10.3 Å². The Morgan fingerprint density at radius 2 is 2.00 bits per heavy atom. The fraction of sp³-hybridized carbons (Fsp3) is 0.923. The van der Waals surface area contributed by atoms with Crippen LogP contribution in [0.1, 0.15) is 32.6 Å². The molecule has 98 valence electrons. The Balaban J connectivity index is 1.85. The normalized spacial score (nSPS) is 27.1. The summed E-state index contributed by atoms with van der Waals surface area (Å²) >= 11 is 0. The molecule has 0 aromatic carbocycles. The third kappa shape index (κ3) is 3.42. The van der Waals surface area contributed by atoms with Crippen molar-refractivity contribution in [2.75, 3.05) is 39.3 Å². The summed E-state index contributed by atoms with van der Waals surface area (Å²) in [5.41, 5.74) is 0. The first-order valence-electron chi connectivity index (χ1n) is 6.98. The molecule has 0 radical (unpaired) electrons. The number of piperidine rings is 1. The third-order valence-electron chi connectivity index (χ3n) is 3.69. The molecule has 4 heteroatoms. The molecule has 2 heterocycles. The second kappa shape index (κ2) is 6.36. The summed E-state index contributed by atoms with van der Waals surface area (Å²) in [4.78, 5) is 4.64. The minimum atomic E-state index is 0.00778. The minimum Gasteiger partial charge on any atom is -0.368 e. The lowest BCUT2D eigenvalue weighted by atomic mass is 10.1. The molecule has 4 nitrogen and oxygen atoms in total. The van der Waals surface area contributed by atoms with Crippen LogP contribution in [0.2, 0.25) is 0 Å². The molecule has 0 amide bonds. The fourth-order valence-corrected chi connectivity index (χ4v) is 2.73. The van der Waals surface area contributed by atoms with Crippen LogP contribution < -0.4 is 0 Å². The Labute approximate surface area is 104 Å². The molecular formula is C13H25N3O. The second-order valence-electron chi connectivity index (χ2n) is 5.09. The zero-order valence-corrected chi connectivity index (χ0v) is 11.0. The van der Waals surface area contributed by atoms with Crippen LogP contribution in [0, 0.1) is 5.41 Å². The third-order valence-corrected chi connectivity index (χ3v) is 3.69. The van der Waals surface area contributed by atoms with E-state index in [9.17, 15) is 0 Å². The SMILES string of the molecule is CCCN1CCOC(C(=N)N2CCCCC2)C1. The first-order chi connectivity index (χ1) is 8.31. The van der Waals surface area contributed by atoms with Gasteiger partial charge < -0.3 is 9.64 Å². The molecular weight excluding hydrogens is 214 g/mol. The largest absolute Gasteiger partial charge is 0.368 e. The summed E-state index contributed by atoms with van der Waals surface area (Å²) in [6.07, 6.45) is 4.97. The molecule has 2 aliphatic heterocycles. The summed E-state index contributed by atoms with van der Waals surface area (Å²) in [6.45, 7) is 8.15. The van der Waals surface area contributed by atoms with Crippen LogP contribution in [0.3, 0.4) is 0 Å². The topological polar surface area (TPSA) is 39.6 Å². The highest BCUT2D eigenvalue weighted by atomic mass is 16.5. The summed E-state index contributed by atoms with van der Waals surface area (Å²) < 4.78 is 5.76. The van der Waals surface area contributed by atoms with E-state index in [4.69, 9.17) is 10.1 Å². The maximum Gasteiger partial charge on any atom is 0.127 e. The van der Waals surface area contributed by atoms with E-state index in [0.29, 0.717) is 5.84 Å². The Morgan fingerprint density at radius 3 is 2.71 bits per heavy atom. The molecule has 2 fully saturated rings. The number of rotatable bonds is 3. The van der Waals surface area contributed by atoms with Crippen LogP contribution >= 0.6 is 0 Å². The monoisotopic (exact) mass is 239 g/mol. The highest BCUT2D eigenvalue weighted by molar-refractivity contribution is 5.84. The van der Waals surface area contributed by atoms with Gasteiger partial charge in [-0.2, -0.15) is 0 Å². The Bertz CT molecular complexity index is 249. The van der Waals surface area contributed by atoms with E-state index in [1.54, 1.807) is 0 Å². The predicted molar refractivity (Wildman–Crippen MR) is 69.6 cm³/mol. The fourth-order valence-electron chi connectivity index (χ4n) is 2.73. The van der Waals surface area contributed by atoms with Gasteiger partial charge in [0, 0.05) is 26.2 Å². The van der Waals surface area contributed by atoms with Crippen LogP contribution in [-0.4, -0.2) is 61.1 Å². The highest BCUT2D eigenvalue weighted by Crippen LogP contribution is 2.14. The zero-order valence-electron chi connectivity index (χ0n) is 11.0. The van der Waals surface area contributed by atoms with Gasteiger partial charge in [0.1, 0.15) is 11.9 Å². The molecule has 0 aliphatic carbocycles. The van der Waals surface area contributed by atoms with Crippen molar-refractivity contribution in [2.45, 2.75) is 38.7 Å². The van der Waals surface area contributed by atoms with Crippen LogP contribution in [0.15, 0.2) is 0 Å². The molecule has 17 heavy (non-hydrogen) atoms. The Kier molecular flexibility index (Phi) is 4.80. The second-order valence-corrected chi connectivity index (χ2v) is 5.09. The van der Waals surface area contributed by atoms with Gasteiger partial charge in [0.25, 0.3) is 0 Å². The lowest BCUT2D eigenvalue weighted by molar-refractivity contribution is 0.0000311. The number of hydrogen-bond acceptors (Lipinski definition) is 3. The van der Waals surface area contributed by atoms with Crippen molar-refractivity contribution in [1.82, 2.24) is 9.80 Å². The maximum absolute atomic E-state index is 8.27. The summed E-state index contributed by atoms with van der Waals surface area (Å²) in [6, 6.07) is 0. The molecule has 0 saturated carbocycles. The number of nitrogens with one attached hydrogen (secondary N) is 1. The van der Waals surface area contributed by atoms with E-state index in [0.717, 1.165) is 39.3 Å². The van der Waals surface area contributed by atoms with Gasteiger partial charge in [0.05, 0.1) is 6.61 Å².